The van der Waals surface area contributed by atoms with E-state index >= 15 is 0 Å². The Bertz CT molecular complexity index is 415. The Morgan fingerprint density at radius 3 is 2.41 bits per heavy atom. The van der Waals surface area contributed by atoms with Crippen LogP contribution in [-0.2, 0) is 9.53 Å². The zero-order valence-corrected chi connectivity index (χ0v) is 11.5. The average Bonchev–Trinajstić information content (AvgIpc) is 2.29. The van der Waals surface area contributed by atoms with Gasteiger partial charge in [-0.1, -0.05) is 23.4 Å². The van der Waals surface area contributed by atoms with Crippen LogP contribution in [0.3, 0.4) is 0 Å². The number of benzene rings is 1. The number of methoxy groups -OCH3 is 1. The van der Waals surface area contributed by atoms with Crippen molar-refractivity contribution in [1.29, 1.82) is 0 Å². The summed E-state index contributed by atoms with van der Waals surface area (Å²) in [5.41, 5.74) is 0. The van der Waals surface area contributed by atoms with Gasteiger partial charge in [-0.2, -0.15) is 0 Å². The fourth-order valence-electron chi connectivity index (χ4n) is 1.09. The number of carbonyl (C=O) groups is 1. The molecule has 92 valence electrons. The predicted molar refractivity (Wildman–Crippen MR) is 71.1 cm³/mol. The van der Waals surface area contributed by atoms with Gasteiger partial charge >= 0.3 is 5.97 Å². The Balaban J connectivity index is 2.87. The van der Waals surface area contributed by atoms with Crippen LogP contribution < -0.4 is 0 Å². The van der Waals surface area contributed by atoms with Crippen molar-refractivity contribution in [2.45, 2.75) is 4.90 Å². The van der Waals surface area contributed by atoms with Gasteiger partial charge in [-0.25, -0.2) is 4.79 Å². The minimum Gasteiger partial charge on any atom is -0.465 e. The second-order valence-corrected chi connectivity index (χ2v) is 5.06. The van der Waals surface area contributed by atoms with Crippen LogP contribution in [-0.4, -0.2) is 32.1 Å². The van der Waals surface area contributed by atoms with E-state index in [1.807, 2.05) is 26.2 Å². The van der Waals surface area contributed by atoms with Crippen molar-refractivity contribution >= 4 is 29.3 Å². The first-order valence-corrected chi connectivity index (χ1v) is 6.12. The Morgan fingerprint density at radius 2 is 1.94 bits per heavy atom. The number of carbonyl (C=O) groups excluding carboxylic acids is 1. The third-order valence-electron chi connectivity index (χ3n) is 1.80. The molecule has 0 aliphatic rings. The van der Waals surface area contributed by atoms with E-state index in [-0.39, 0.29) is 5.97 Å². The van der Waals surface area contributed by atoms with Gasteiger partial charge in [0.05, 0.1) is 7.11 Å². The van der Waals surface area contributed by atoms with E-state index in [1.165, 1.54) is 18.9 Å². The first kappa shape index (κ1) is 13.9. The number of hydrogen-bond acceptors (Lipinski definition) is 4. The van der Waals surface area contributed by atoms with Crippen molar-refractivity contribution in [3.8, 4) is 0 Å². The van der Waals surface area contributed by atoms with Gasteiger partial charge in [0.1, 0.15) is 4.91 Å². The van der Waals surface area contributed by atoms with E-state index < -0.39 is 0 Å². The lowest BCUT2D eigenvalue weighted by atomic mass is 10.4. The molecule has 0 amide bonds. The number of halogens is 1. The van der Waals surface area contributed by atoms with Gasteiger partial charge < -0.3 is 9.64 Å². The molecule has 0 N–H and O–H groups in total. The van der Waals surface area contributed by atoms with Gasteiger partial charge in [0.15, 0.2) is 0 Å². The van der Waals surface area contributed by atoms with Crippen molar-refractivity contribution in [2.24, 2.45) is 0 Å². The number of hydrogen-bond donors (Lipinski definition) is 0. The van der Waals surface area contributed by atoms with Gasteiger partial charge in [0.2, 0.25) is 0 Å². The zero-order chi connectivity index (χ0) is 12.8. The smallest absolute Gasteiger partial charge is 0.346 e. The minimum atomic E-state index is -0.348. The van der Waals surface area contributed by atoms with E-state index in [0.717, 1.165) is 4.90 Å². The van der Waals surface area contributed by atoms with Crippen molar-refractivity contribution < 1.29 is 9.53 Å². The minimum absolute atomic E-state index is 0.348. The van der Waals surface area contributed by atoms with E-state index in [9.17, 15) is 4.79 Å². The van der Waals surface area contributed by atoms with Crippen LogP contribution in [0.2, 0.25) is 5.02 Å². The number of ether oxygens (including phenoxy) is 1. The molecule has 1 rings (SSSR count). The molecule has 0 radical (unpaired) electrons. The van der Waals surface area contributed by atoms with E-state index in [4.69, 9.17) is 16.3 Å². The second kappa shape index (κ2) is 6.57. The topological polar surface area (TPSA) is 29.5 Å². The second-order valence-electron chi connectivity index (χ2n) is 3.50. The lowest BCUT2D eigenvalue weighted by Crippen LogP contribution is -2.08. The molecular weight excluding hydrogens is 258 g/mol. The molecule has 1 aromatic rings. The van der Waals surface area contributed by atoms with Gasteiger partial charge in [-0.15, -0.1) is 0 Å². The Morgan fingerprint density at radius 1 is 1.35 bits per heavy atom. The largest absolute Gasteiger partial charge is 0.465 e. The zero-order valence-electron chi connectivity index (χ0n) is 9.94. The van der Waals surface area contributed by atoms with Gasteiger partial charge in [0.25, 0.3) is 0 Å². The SMILES string of the molecule is COC(=O)/C(=C/N(C)C)Sc1ccc(Cl)cc1. The van der Waals surface area contributed by atoms with Gasteiger partial charge in [-0.3, -0.25) is 0 Å². The highest BCUT2D eigenvalue weighted by molar-refractivity contribution is 8.04. The van der Waals surface area contributed by atoms with Crippen LogP contribution in [0, 0.1) is 0 Å². The molecule has 0 aliphatic heterocycles. The lowest BCUT2D eigenvalue weighted by molar-refractivity contribution is -0.135. The number of nitrogens with zero attached hydrogens (tertiary/aromatic N) is 1. The highest BCUT2D eigenvalue weighted by atomic mass is 35.5. The molecule has 0 aliphatic carbocycles. The third kappa shape index (κ3) is 4.71. The predicted octanol–water partition coefficient (Wildman–Crippen LogP) is 3.01. The number of thioether (sulfide) groups is 1. The molecule has 0 heterocycles. The highest BCUT2D eigenvalue weighted by Gasteiger charge is 2.12. The summed E-state index contributed by atoms with van der Waals surface area (Å²) in [7, 11) is 5.07. The Hall–Kier alpha value is -1.13. The van der Waals surface area contributed by atoms with E-state index in [1.54, 1.807) is 23.2 Å². The van der Waals surface area contributed by atoms with Gasteiger partial charge in [-0.05, 0) is 24.3 Å². The number of esters is 1. The molecule has 1 aromatic carbocycles. The standard InChI is InChI=1S/C12H14ClNO2S/c1-14(2)8-11(12(15)16-3)17-10-6-4-9(13)5-7-10/h4-8H,1-3H3/b11-8-. The molecule has 0 saturated carbocycles. The van der Waals surface area contributed by atoms with Gasteiger partial charge in [0, 0.05) is 30.2 Å². The van der Waals surface area contributed by atoms with Crippen LogP contribution >= 0.6 is 23.4 Å². The molecule has 0 aromatic heterocycles. The summed E-state index contributed by atoms with van der Waals surface area (Å²) in [6.07, 6.45) is 1.73. The highest BCUT2D eigenvalue weighted by Crippen LogP contribution is 2.28. The Labute approximate surface area is 110 Å². The summed E-state index contributed by atoms with van der Waals surface area (Å²) >= 11 is 7.14. The maximum Gasteiger partial charge on any atom is 0.346 e. The summed E-state index contributed by atoms with van der Waals surface area (Å²) in [6, 6.07) is 7.29. The number of rotatable bonds is 4. The molecule has 0 spiro atoms. The van der Waals surface area contributed by atoms with Crippen molar-refractivity contribution in [2.75, 3.05) is 21.2 Å². The van der Waals surface area contributed by atoms with Crippen LogP contribution in [0.25, 0.3) is 0 Å². The average molecular weight is 272 g/mol. The fraction of sp³-hybridized carbons (Fsp3) is 0.250. The quantitative estimate of drug-likeness (QED) is 0.478. The Kier molecular flexibility index (Phi) is 5.38. The third-order valence-corrected chi connectivity index (χ3v) is 3.06. The van der Waals surface area contributed by atoms with Crippen molar-refractivity contribution in [1.82, 2.24) is 4.90 Å². The molecule has 3 nitrogen and oxygen atoms in total. The monoisotopic (exact) mass is 271 g/mol. The summed E-state index contributed by atoms with van der Waals surface area (Å²) in [5, 5.41) is 0.672. The molecule has 5 heteroatoms. The lowest BCUT2D eigenvalue weighted by Gasteiger charge is -2.10. The van der Waals surface area contributed by atoms with E-state index in [0.29, 0.717) is 9.93 Å². The van der Waals surface area contributed by atoms with Crippen LogP contribution in [0.15, 0.2) is 40.3 Å². The molecule has 0 atom stereocenters. The van der Waals surface area contributed by atoms with Crippen molar-refractivity contribution in [3.05, 3.63) is 40.4 Å². The summed E-state index contributed by atoms with van der Waals surface area (Å²) in [6.45, 7) is 0. The molecular formula is C12H14ClNO2S. The fourth-order valence-corrected chi connectivity index (χ4v) is 2.17. The van der Waals surface area contributed by atoms with Crippen LogP contribution in [0.4, 0.5) is 0 Å². The first-order valence-electron chi connectivity index (χ1n) is 4.93. The summed E-state index contributed by atoms with van der Waals surface area (Å²) in [4.78, 5) is 14.8. The van der Waals surface area contributed by atoms with E-state index in [2.05, 4.69) is 0 Å². The van der Waals surface area contributed by atoms with Crippen LogP contribution in [0.1, 0.15) is 0 Å². The molecule has 0 unspecified atom stereocenters. The van der Waals surface area contributed by atoms with Crippen molar-refractivity contribution in [3.63, 3.8) is 0 Å². The summed E-state index contributed by atoms with van der Waals surface area (Å²) < 4.78 is 4.73. The normalized spacial score (nSPS) is 11.2. The molecule has 0 saturated heterocycles. The maximum absolute atomic E-state index is 11.6. The molecule has 0 bridgehead atoms. The molecule has 17 heavy (non-hydrogen) atoms. The first-order chi connectivity index (χ1) is 8.02. The maximum atomic E-state index is 11.6. The summed E-state index contributed by atoms with van der Waals surface area (Å²) in [5.74, 6) is -0.348. The van der Waals surface area contributed by atoms with Crippen LogP contribution in [0.5, 0.6) is 0 Å². The molecule has 0 fully saturated rings.